The molecule has 0 spiro atoms. The maximum Gasteiger partial charge on any atom is 0.224 e. The number of carbonyl (C=O) groups excluding carboxylic acids is 1. The number of aromatic amines is 1. The first kappa shape index (κ1) is 16.3. The highest BCUT2D eigenvalue weighted by atomic mass is 16.5. The summed E-state index contributed by atoms with van der Waals surface area (Å²) in [5.74, 6) is 1.24. The number of carbonyl (C=O) groups is 1. The summed E-state index contributed by atoms with van der Waals surface area (Å²) in [5.41, 5.74) is 3.05. The molecule has 0 bridgehead atoms. The molecule has 0 radical (unpaired) electrons. The largest absolute Gasteiger partial charge is 0.489 e. The second-order valence-electron chi connectivity index (χ2n) is 6.47. The average Bonchev–Trinajstić information content (AvgIpc) is 3.32. The summed E-state index contributed by atoms with van der Waals surface area (Å²) in [6.45, 7) is 0.960. The van der Waals surface area contributed by atoms with Crippen LogP contribution in [0.3, 0.4) is 0 Å². The van der Waals surface area contributed by atoms with Crippen molar-refractivity contribution in [1.29, 1.82) is 0 Å². The molecule has 1 aliphatic rings. The van der Waals surface area contributed by atoms with Crippen molar-refractivity contribution in [2.75, 3.05) is 0 Å². The Morgan fingerprint density at radius 1 is 1.15 bits per heavy atom. The van der Waals surface area contributed by atoms with Crippen LogP contribution in [0.15, 0.2) is 60.8 Å². The standard InChI is InChI=1S/C20H20N4O2/c25-20(21-11-16-12-22-24-23-16)19-10-18(19)15-6-8-17(9-7-15)26-13-14-4-2-1-3-5-14/h1-9,12,18-19H,10-11,13H2,(H,21,25)(H,22,23,24)/t18-,19-/m1/s1. The van der Waals surface area contributed by atoms with Crippen LogP contribution in [0, 0.1) is 5.92 Å². The van der Waals surface area contributed by atoms with Gasteiger partial charge in [-0.15, -0.1) is 0 Å². The van der Waals surface area contributed by atoms with Crippen molar-refractivity contribution >= 4 is 5.91 Å². The van der Waals surface area contributed by atoms with Crippen LogP contribution in [0.2, 0.25) is 0 Å². The average molecular weight is 348 g/mol. The van der Waals surface area contributed by atoms with E-state index < -0.39 is 0 Å². The minimum atomic E-state index is 0.0398. The molecule has 6 heteroatoms. The van der Waals surface area contributed by atoms with Gasteiger partial charge in [-0.2, -0.15) is 15.4 Å². The molecule has 4 rings (SSSR count). The van der Waals surface area contributed by atoms with Crippen LogP contribution >= 0.6 is 0 Å². The molecule has 0 aliphatic heterocycles. The molecule has 1 heterocycles. The van der Waals surface area contributed by atoms with E-state index in [2.05, 4.69) is 32.9 Å². The van der Waals surface area contributed by atoms with Crippen LogP contribution in [0.4, 0.5) is 0 Å². The fourth-order valence-electron chi connectivity index (χ4n) is 3.02. The molecule has 1 saturated carbocycles. The van der Waals surface area contributed by atoms with E-state index in [1.807, 2.05) is 42.5 Å². The van der Waals surface area contributed by atoms with E-state index in [0.29, 0.717) is 13.2 Å². The Morgan fingerprint density at radius 3 is 2.69 bits per heavy atom. The van der Waals surface area contributed by atoms with Gasteiger partial charge >= 0.3 is 0 Å². The number of nitrogens with one attached hydrogen (secondary N) is 2. The van der Waals surface area contributed by atoms with Crippen LogP contribution < -0.4 is 10.1 Å². The van der Waals surface area contributed by atoms with Crippen molar-refractivity contribution in [3.63, 3.8) is 0 Å². The second-order valence-corrected chi connectivity index (χ2v) is 6.47. The third kappa shape index (κ3) is 3.91. The molecule has 2 aromatic carbocycles. The molecule has 1 aliphatic carbocycles. The fraction of sp³-hybridized carbons (Fsp3) is 0.250. The number of ether oxygens (including phenoxy) is 1. The number of H-pyrrole nitrogens is 1. The molecule has 2 atom stereocenters. The number of rotatable bonds is 7. The molecule has 26 heavy (non-hydrogen) atoms. The van der Waals surface area contributed by atoms with Gasteiger partial charge in [-0.1, -0.05) is 42.5 Å². The van der Waals surface area contributed by atoms with E-state index in [1.165, 1.54) is 5.56 Å². The first-order chi connectivity index (χ1) is 12.8. The topological polar surface area (TPSA) is 79.9 Å². The molecular formula is C20H20N4O2. The van der Waals surface area contributed by atoms with Crippen molar-refractivity contribution in [3.8, 4) is 5.75 Å². The summed E-state index contributed by atoms with van der Waals surface area (Å²) >= 11 is 0. The Labute approximate surface area is 151 Å². The first-order valence-corrected chi connectivity index (χ1v) is 8.68. The lowest BCUT2D eigenvalue weighted by molar-refractivity contribution is -0.122. The zero-order chi connectivity index (χ0) is 17.8. The highest BCUT2D eigenvalue weighted by Gasteiger charge is 2.43. The van der Waals surface area contributed by atoms with Crippen molar-refractivity contribution < 1.29 is 9.53 Å². The van der Waals surface area contributed by atoms with Crippen LogP contribution in [0.25, 0.3) is 0 Å². The van der Waals surface area contributed by atoms with Gasteiger partial charge in [0.1, 0.15) is 18.1 Å². The van der Waals surface area contributed by atoms with E-state index in [1.54, 1.807) is 6.20 Å². The van der Waals surface area contributed by atoms with Crippen LogP contribution in [-0.4, -0.2) is 21.3 Å². The zero-order valence-corrected chi connectivity index (χ0v) is 14.3. The summed E-state index contributed by atoms with van der Waals surface area (Å²) in [6.07, 6.45) is 2.49. The summed E-state index contributed by atoms with van der Waals surface area (Å²) in [7, 11) is 0. The molecule has 0 unspecified atom stereocenters. The molecule has 0 saturated heterocycles. The summed E-state index contributed by atoms with van der Waals surface area (Å²) in [4.78, 5) is 12.2. The monoisotopic (exact) mass is 348 g/mol. The number of nitrogens with zero attached hydrogens (tertiary/aromatic N) is 2. The summed E-state index contributed by atoms with van der Waals surface area (Å²) < 4.78 is 5.81. The lowest BCUT2D eigenvalue weighted by Crippen LogP contribution is -2.25. The molecular weight excluding hydrogens is 328 g/mol. The van der Waals surface area contributed by atoms with Gasteiger partial charge in [0, 0.05) is 5.92 Å². The molecule has 2 N–H and O–H groups in total. The summed E-state index contributed by atoms with van der Waals surface area (Å²) in [6, 6.07) is 18.1. The number of aromatic nitrogens is 3. The van der Waals surface area contributed by atoms with Gasteiger partial charge in [-0.3, -0.25) is 4.79 Å². The van der Waals surface area contributed by atoms with Gasteiger partial charge < -0.3 is 10.1 Å². The number of hydrogen-bond donors (Lipinski definition) is 2. The normalized spacial score (nSPS) is 18.3. The van der Waals surface area contributed by atoms with Crippen LogP contribution in [0.1, 0.15) is 29.2 Å². The third-order valence-electron chi connectivity index (χ3n) is 4.59. The van der Waals surface area contributed by atoms with Crippen molar-refractivity contribution in [2.24, 2.45) is 5.92 Å². The van der Waals surface area contributed by atoms with Crippen LogP contribution in [-0.2, 0) is 17.9 Å². The molecule has 6 nitrogen and oxygen atoms in total. The maximum absolute atomic E-state index is 12.2. The van der Waals surface area contributed by atoms with Gasteiger partial charge in [0.05, 0.1) is 12.7 Å². The van der Waals surface area contributed by atoms with E-state index in [0.717, 1.165) is 23.4 Å². The van der Waals surface area contributed by atoms with E-state index in [9.17, 15) is 4.79 Å². The number of amides is 1. The van der Waals surface area contributed by atoms with E-state index in [4.69, 9.17) is 4.74 Å². The molecule has 132 valence electrons. The Hall–Kier alpha value is -3.15. The van der Waals surface area contributed by atoms with E-state index in [-0.39, 0.29) is 17.7 Å². The maximum atomic E-state index is 12.2. The molecule has 1 aromatic heterocycles. The zero-order valence-electron chi connectivity index (χ0n) is 14.3. The van der Waals surface area contributed by atoms with Crippen molar-refractivity contribution in [1.82, 2.24) is 20.7 Å². The van der Waals surface area contributed by atoms with Crippen LogP contribution in [0.5, 0.6) is 5.75 Å². The SMILES string of the molecule is O=C(NCc1cn[nH]n1)[C@@H]1C[C@@H]1c1ccc(OCc2ccccc2)cc1. The predicted molar refractivity (Wildman–Crippen MR) is 96.3 cm³/mol. The lowest BCUT2D eigenvalue weighted by atomic mass is 10.1. The quantitative estimate of drug-likeness (QED) is 0.688. The van der Waals surface area contributed by atoms with Crippen molar-refractivity contribution in [3.05, 3.63) is 77.6 Å². The Bertz CT molecular complexity index is 847. The molecule has 1 amide bonds. The number of benzene rings is 2. The van der Waals surface area contributed by atoms with Gasteiger partial charge in [0.15, 0.2) is 0 Å². The van der Waals surface area contributed by atoms with E-state index >= 15 is 0 Å². The third-order valence-corrected chi connectivity index (χ3v) is 4.59. The van der Waals surface area contributed by atoms with Gasteiger partial charge in [0.25, 0.3) is 0 Å². The molecule has 3 aromatic rings. The van der Waals surface area contributed by atoms with Gasteiger partial charge in [0.2, 0.25) is 5.91 Å². The Balaban J connectivity index is 1.27. The van der Waals surface area contributed by atoms with Gasteiger partial charge in [-0.05, 0) is 35.6 Å². The van der Waals surface area contributed by atoms with Gasteiger partial charge in [-0.25, -0.2) is 0 Å². The minimum Gasteiger partial charge on any atom is -0.489 e. The highest BCUT2D eigenvalue weighted by molar-refractivity contribution is 5.82. The lowest BCUT2D eigenvalue weighted by Gasteiger charge is -2.07. The highest BCUT2D eigenvalue weighted by Crippen LogP contribution is 2.47. The second kappa shape index (κ2) is 7.39. The summed E-state index contributed by atoms with van der Waals surface area (Å²) in [5, 5.41) is 13.1. The minimum absolute atomic E-state index is 0.0398. The predicted octanol–water partition coefficient (Wildman–Crippen LogP) is 2.80. The fourth-order valence-corrected chi connectivity index (χ4v) is 3.02. The van der Waals surface area contributed by atoms with Crippen molar-refractivity contribution in [2.45, 2.75) is 25.5 Å². The molecule has 1 fully saturated rings. The first-order valence-electron chi connectivity index (χ1n) is 8.68. The smallest absolute Gasteiger partial charge is 0.224 e. The Morgan fingerprint density at radius 2 is 1.96 bits per heavy atom. The Kier molecular flexibility index (Phi) is 4.64. The number of hydrogen-bond acceptors (Lipinski definition) is 4.